The van der Waals surface area contributed by atoms with Gasteiger partial charge in [0.25, 0.3) is 0 Å². The lowest BCUT2D eigenvalue weighted by molar-refractivity contribution is 0.188. The molecular formula is C21H23N3O3. The minimum Gasteiger partial charge on any atom is -0.497 e. The predicted molar refractivity (Wildman–Crippen MR) is 105 cm³/mol. The number of para-hydroxylation sites is 1. The van der Waals surface area contributed by atoms with Crippen LogP contribution in [-0.4, -0.2) is 57.1 Å². The van der Waals surface area contributed by atoms with Gasteiger partial charge in [-0.15, -0.1) is 0 Å². The minimum absolute atomic E-state index is 0.217. The fourth-order valence-corrected chi connectivity index (χ4v) is 3.17. The SMILES string of the molecule is COc1ccc(C2=N[C@@H]3C(OCCN(C)C)=Nc4ccccc4C3O2)cc1. The van der Waals surface area contributed by atoms with Crippen molar-refractivity contribution in [3.8, 4) is 5.75 Å². The van der Waals surface area contributed by atoms with Gasteiger partial charge in [-0.3, -0.25) is 0 Å². The van der Waals surface area contributed by atoms with Gasteiger partial charge in [-0.05, 0) is 44.4 Å². The number of nitrogens with zero attached hydrogens (tertiary/aromatic N) is 3. The molecule has 27 heavy (non-hydrogen) atoms. The molecule has 0 saturated carbocycles. The van der Waals surface area contributed by atoms with Crippen molar-refractivity contribution in [3.63, 3.8) is 0 Å². The zero-order valence-electron chi connectivity index (χ0n) is 15.8. The van der Waals surface area contributed by atoms with E-state index in [4.69, 9.17) is 24.2 Å². The molecule has 2 aromatic rings. The van der Waals surface area contributed by atoms with Crippen LogP contribution in [0.15, 0.2) is 58.5 Å². The van der Waals surface area contributed by atoms with E-state index in [1.807, 2.05) is 62.6 Å². The van der Waals surface area contributed by atoms with Crippen molar-refractivity contribution < 1.29 is 14.2 Å². The molecule has 0 aliphatic carbocycles. The van der Waals surface area contributed by atoms with E-state index >= 15 is 0 Å². The summed E-state index contributed by atoms with van der Waals surface area (Å²) in [5.74, 6) is 2.02. The second kappa shape index (κ2) is 7.40. The van der Waals surface area contributed by atoms with E-state index in [9.17, 15) is 0 Å². The number of aliphatic imine (C=N–C) groups is 2. The van der Waals surface area contributed by atoms with Crippen molar-refractivity contribution in [3.05, 3.63) is 59.7 Å². The second-order valence-electron chi connectivity index (χ2n) is 6.81. The standard InChI is InChI=1S/C21H23N3O3/c1-24(2)12-13-26-21-18-19(16-6-4-5-7-17(16)22-21)27-20(23-18)14-8-10-15(25-3)11-9-14/h4-11,18-19H,12-13H2,1-3H3/t18-,19?/m0/s1. The molecule has 0 spiro atoms. The third-order valence-corrected chi connectivity index (χ3v) is 4.63. The van der Waals surface area contributed by atoms with Crippen LogP contribution >= 0.6 is 0 Å². The van der Waals surface area contributed by atoms with Gasteiger partial charge in [0.15, 0.2) is 12.1 Å². The highest BCUT2D eigenvalue weighted by Crippen LogP contribution is 2.41. The van der Waals surface area contributed by atoms with Crippen LogP contribution in [0.3, 0.4) is 0 Å². The number of fused-ring (bicyclic) bond motifs is 3. The maximum Gasteiger partial charge on any atom is 0.218 e. The van der Waals surface area contributed by atoms with Crippen molar-refractivity contribution >= 4 is 17.5 Å². The van der Waals surface area contributed by atoms with E-state index in [1.165, 1.54) is 0 Å². The Kier molecular flexibility index (Phi) is 4.81. The van der Waals surface area contributed by atoms with Gasteiger partial charge in [0, 0.05) is 17.7 Å². The molecule has 0 N–H and O–H groups in total. The van der Waals surface area contributed by atoms with Gasteiger partial charge in [0.1, 0.15) is 12.4 Å². The molecule has 0 amide bonds. The van der Waals surface area contributed by atoms with Crippen molar-refractivity contribution in [1.29, 1.82) is 0 Å². The van der Waals surface area contributed by atoms with E-state index in [2.05, 4.69) is 4.90 Å². The number of hydrogen-bond acceptors (Lipinski definition) is 6. The molecule has 0 fully saturated rings. The number of rotatable bonds is 5. The Morgan fingerprint density at radius 2 is 1.85 bits per heavy atom. The maximum atomic E-state index is 6.25. The fraction of sp³-hybridized carbons (Fsp3) is 0.333. The molecule has 140 valence electrons. The zero-order valence-corrected chi connectivity index (χ0v) is 15.8. The average Bonchev–Trinajstić information content (AvgIpc) is 3.14. The molecule has 2 aliphatic rings. The van der Waals surface area contributed by atoms with Gasteiger partial charge in [-0.1, -0.05) is 18.2 Å². The van der Waals surface area contributed by atoms with Crippen LogP contribution in [0.5, 0.6) is 5.75 Å². The normalized spacial score (nSPS) is 20.3. The Balaban J connectivity index is 1.63. The molecule has 1 unspecified atom stereocenters. The van der Waals surface area contributed by atoms with Crippen LogP contribution in [-0.2, 0) is 9.47 Å². The predicted octanol–water partition coefficient (Wildman–Crippen LogP) is 3.20. The van der Waals surface area contributed by atoms with Crippen LogP contribution in [0.4, 0.5) is 5.69 Å². The number of hydrogen-bond donors (Lipinski definition) is 0. The first kappa shape index (κ1) is 17.5. The summed E-state index contributed by atoms with van der Waals surface area (Å²) in [6.07, 6.45) is -0.217. The van der Waals surface area contributed by atoms with Crippen molar-refractivity contribution in [2.75, 3.05) is 34.4 Å². The summed E-state index contributed by atoms with van der Waals surface area (Å²) in [6, 6.07) is 15.4. The van der Waals surface area contributed by atoms with Crippen LogP contribution in [0.2, 0.25) is 0 Å². The van der Waals surface area contributed by atoms with Crippen LogP contribution in [0.25, 0.3) is 0 Å². The van der Waals surface area contributed by atoms with E-state index in [0.29, 0.717) is 18.4 Å². The summed E-state index contributed by atoms with van der Waals surface area (Å²) in [5, 5.41) is 0. The first-order valence-electron chi connectivity index (χ1n) is 8.99. The summed E-state index contributed by atoms with van der Waals surface area (Å²) in [7, 11) is 5.68. The first-order valence-corrected chi connectivity index (χ1v) is 8.99. The summed E-state index contributed by atoms with van der Waals surface area (Å²) in [5.41, 5.74) is 2.83. The molecule has 2 heterocycles. The van der Waals surface area contributed by atoms with Crippen molar-refractivity contribution in [1.82, 2.24) is 4.90 Å². The summed E-state index contributed by atoms with van der Waals surface area (Å²) >= 11 is 0. The van der Waals surface area contributed by atoms with Crippen LogP contribution < -0.4 is 4.74 Å². The lowest BCUT2D eigenvalue weighted by atomic mass is 9.98. The van der Waals surface area contributed by atoms with Gasteiger partial charge in [-0.25, -0.2) is 9.98 Å². The lowest BCUT2D eigenvalue weighted by Gasteiger charge is -2.25. The molecule has 0 bridgehead atoms. The van der Waals surface area contributed by atoms with E-state index in [0.717, 1.165) is 29.1 Å². The van der Waals surface area contributed by atoms with Gasteiger partial charge < -0.3 is 19.1 Å². The third-order valence-electron chi connectivity index (χ3n) is 4.63. The molecule has 0 aromatic heterocycles. The smallest absolute Gasteiger partial charge is 0.218 e. The van der Waals surface area contributed by atoms with E-state index in [-0.39, 0.29) is 12.1 Å². The van der Waals surface area contributed by atoms with Crippen molar-refractivity contribution in [2.45, 2.75) is 12.1 Å². The van der Waals surface area contributed by atoms with Gasteiger partial charge in [-0.2, -0.15) is 0 Å². The summed E-state index contributed by atoms with van der Waals surface area (Å²) < 4.78 is 17.5. The van der Waals surface area contributed by atoms with Crippen molar-refractivity contribution in [2.24, 2.45) is 9.98 Å². The number of benzene rings is 2. The van der Waals surface area contributed by atoms with Gasteiger partial charge >= 0.3 is 0 Å². The molecular weight excluding hydrogens is 342 g/mol. The van der Waals surface area contributed by atoms with Crippen LogP contribution in [0, 0.1) is 0 Å². The molecule has 0 saturated heterocycles. The number of methoxy groups -OCH3 is 1. The minimum atomic E-state index is -0.265. The second-order valence-corrected chi connectivity index (χ2v) is 6.81. The molecule has 6 heteroatoms. The Morgan fingerprint density at radius 1 is 1.07 bits per heavy atom. The number of likely N-dealkylation sites (N-methyl/N-ethyl adjacent to an activating group) is 1. The Bertz CT molecular complexity index is 874. The highest BCUT2D eigenvalue weighted by molar-refractivity contribution is 6.00. The monoisotopic (exact) mass is 365 g/mol. The zero-order chi connectivity index (χ0) is 18.8. The topological polar surface area (TPSA) is 55.7 Å². The van der Waals surface area contributed by atoms with Gasteiger partial charge in [0.2, 0.25) is 11.8 Å². The first-order chi connectivity index (χ1) is 13.2. The highest BCUT2D eigenvalue weighted by atomic mass is 16.5. The molecule has 2 aliphatic heterocycles. The highest BCUT2D eigenvalue weighted by Gasteiger charge is 2.41. The molecule has 6 nitrogen and oxygen atoms in total. The third kappa shape index (κ3) is 3.53. The largest absolute Gasteiger partial charge is 0.497 e. The van der Waals surface area contributed by atoms with Gasteiger partial charge in [0.05, 0.1) is 12.8 Å². The number of ether oxygens (including phenoxy) is 3. The molecule has 0 radical (unpaired) electrons. The summed E-state index contributed by atoms with van der Waals surface area (Å²) in [4.78, 5) is 11.6. The molecule has 2 aromatic carbocycles. The summed E-state index contributed by atoms with van der Waals surface area (Å²) in [6.45, 7) is 1.37. The Hall–Kier alpha value is -2.86. The fourth-order valence-electron chi connectivity index (χ4n) is 3.17. The maximum absolute atomic E-state index is 6.25. The van der Waals surface area contributed by atoms with E-state index in [1.54, 1.807) is 7.11 Å². The average molecular weight is 365 g/mol. The molecule has 2 atom stereocenters. The molecule has 4 rings (SSSR count). The van der Waals surface area contributed by atoms with E-state index < -0.39 is 0 Å². The van der Waals surface area contributed by atoms with Crippen LogP contribution in [0.1, 0.15) is 17.2 Å². The Labute approximate surface area is 159 Å². The lowest BCUT2D eigenvalue weighted by Crippen LogP contribution is -2.31. The quantitative estimate of drug-likeness (QED) is 0.816. The Morgan fingerprint density at radius 3 is 2.59 bits per heavy atom.